The number of rotatable bonds is 20. The number of hydrogen-bond donors (Lipinski definition) is 2. The Balaban J connectivity index is 1.23. The second kappa shape index (κ2) is 28.0. The Hall–Kier alpha value is -7.59. The standard InChI is InChI=1S/C58H52Cl3NO18/c1-70-41-29-27-35(28-30-41)31-73-55-44(62-57(69)74-34-58(59,60)61)45(63)46(42(75-55)32-71-50(64)36-17-7-2-8-18-36)80-56-49(79-54(68)40-25-15-6-16-26-40)48(78-53(67)39-23-13-5-14-24-39)47(77-52(66)38-21-11-4-12-22-38)43(76-56)33-72-51(65)37-19-9-3-10-20-37/h2-30,42-49,55-56,63H,31-34H2,1H3,(H,62,69)/t42-,43-,44-,45-,46-,47+,48+,49-,55+,56+/m1/s1. The molecule has 418 valence electrons. The summed E-state index contributed by atoms with van der Waals surface area (Å²) >= 11 is 17.7. The molecule has 80 heavy (non-hydrogen) atoms. The Labute approximate surface area is 473 Å². The van der Waals surface area contributed by atoms with E-state index in [0.29, 0.717) is 11.3 Å². The van der Waals surface area contributed by atoms with E-state index in [-0.39, 0.29) is 34.4 Å². The molecule has 2 heterocycles. The van der Waals surface area contributed by atoms with Crippen LogP contribution in [0.25, 0.3) is 0 Å². The maximum absolute atomic E-state index is 14.4. The maximum atomic E-state index is 14.4. The smallest absolute Gasteiger partial charge is 0.407 e. The molecule has 8 rings (SSSR count). The van der Waals surface area contributed by atoms with E-state index in [1.54, 1.807) is 115 Å². The first-order valence-corrected chi connectivity index (χ1v) is 25.9. The summed E-state index contributed by atoms with van der Waals surface area (Å²) in [7, 11) is 1.50. The van der Waals surface area contributed by atoms with Gasteiger partial charge in [0.25, 0.3) is 0 Å². The van der Waals surface area contributed by atoms with Crippen LogP contribution in [-0.2, 0) is 54.0 Å². The van der Waals surface area contributed by atoms with Crippen LogP contribution in [0.5, 0.6) is 5.75 Å². The number of benzene rings is 6. The summed E-state index contributed by atoms with van der Waals surface area (Å²) in [6.07, 6.45) is -17.6. The van der Waals surface area contributed by atoms with E-state index < -0.39 is 121 Å². The number of esters is 5. The lowest BCUT2D eigenvalue weighted by Gasteiger charge is -2.48. The molecule has 2 aliphatic heterocycles. The van der Waals surface area contributed by atoms with Gasteiger partial charge >= 0.3 is 35.9 Å². The van der Waals surface area contributed by atoms with Crippen LogP contribution in [0.3, 0.4) is 0 Å². The van der Waals surface area contributed by atoms with E-state index in [2.05, 4.69) is 5.32 Å². The summed E-state index contributed by atoms with van der Waals surface area (Å²) < 4.78 is 64.6. The molecule has 22 heteroatoms. The molecule has 0 unspecified atom stereocenters. The SMILES string of the molecule is COc1ccc(CO[C@H]2O[C@H](COC(=O)c3ccccc3)[C@@H](O[C@@H]3O[C@H](COC(=O)c4ccccc4)[C@H](OC(=O)c4ccccc4)[C@H](OC(=O)c4ccccc4)[C@H]3OC(=O)c3ccccc3)[C@H](O)[C@H]2NC(=O)OCC(Cl)(Cl)Cl)cc1. The van der Waals surface area contributed by atoms with Crippen LogP contribution in [0.1, 0.15) is 57.4 Å². The van der Waals surface area contributed by atoms with Crippen molar-refractivity contribution in [2.45, 2.75) is 71.7 Å². The third kappa shape index (κ3) is 16.0. The van der Waals surface area contributed by atoms with Gasteiger partial charge in [-0.2, -0.15) is 0 Å². The number of aliphatic hydroxyl groups is 1. The number of aliphatic hydroxyl groups excluding tert-OH is 1. The van der Waals surface area contributed by atoms with Crippen molar-refractivity contribution in [3.05, 3.63) is 209 Å². The number of ether oxygens (including phenoxy) is 11. The molecular formula is C58H52Cl3NO18. The van der Waals surface area contributed by atoms with Crippen molar-refractivity contribution in [1.29, 1.82) is 0 Å². The van der Waals surface area contributed by atoms with Crippen molar-refractivity contribution >= 4 is 70.7 Å². The minimum atomic E-state index is -2.06. The molecule has 0 aliphatic carbocycles. The summed E-state index contributed by atoms with van der Waals surface area (Å²) in [5.41, 5.74) is 0.904. The van der Waals surface area contributed by atoms with E-state index in [0.717, 1.165) is 0 Å². The average Bonchev–Trinajstić information content (AvgIpc) is 3.54. The Morgan fingerprint density at radius 2 is 0.900 bits per heavy atom. The lowest BCUT2D eigenvalue weighted by atomic mass is 9.95. The lowest BCUT2D eigenvalue weighted by Crippen LogP contribution is -2.68. The number of hydrogen-bond acceptors (Lipinski definition) is 18. The molecular weight excluding hydrogens is 1100 g/mol. The number of methoxy groups -OCH3 is 1. The molecule has 0 aromatic heterocycles. The van der Waals surface area contributed by atoms with Gasteiger partial charge in [0.2, 0.25) is 3.79 Å². The summed E-state index contributed by atoms with van der Waals surface area (Å²) in [5.74, 6) is -4.11. The third-order valence-corrected chi connectivity index (χ3v) is 12.6. The number of nitrogens with one attached hydrogen (secondary N) is 1. The zero-order valence-corrected chi connectivity index (χ0v) is 44.6. The van der Waals surface area contributed by atoms with Crippen molar-refractivity contribution in [1.82, 2.24) is 5.32 Å². The summed E-state index contributed by atoms with van der Waals surface area (Å²) in [6.45, 7) is -2.37. The highest BCUT2D eigenvalue weighted by Gasteiger charge is 2.57. The molecule has 6 aromatic carbocycles. The first-order chi connectivity index (χ1) is 38.6. The van der Waals surface area contributed by atoms with Gasteiger partial charge in [0.15, 0.2) is 30.9 Å². The average molecular weight is 1160 g/mol. The molecule has 0 bridgehead atoms. The van der Waals surface area contributed by atoms with Crippen LogP contribution in [0.4, 0.5) is 4.79 Å². The van der Waals surface area contributed by atoms with Gasteiger partial charge in [-0.3, -0.25) is 0 Å². The van der Waals surface area contributed by atoms with E-state index >= 15 is 0 Å². The Kier molecular flexibility index (Phi) is 20.5. The predicted octanol–water partition coefficient (Wildman–Crippen LogP) is 8.26. The quantitative estimate of drug-likeness (QED) is 0.0416. The first-order valence-electron chi connectivity index (χ1n) is 24.8. The molecule has 2 saturated heterocycles. The number of carbonyl (C=O) groups excluding carboxylic acids is 6. The molecule has 0 radical (unpaired) electrons. The van der Waals surface area contributed by atoms with Gasteiger partial charge in [-0.05, 0) is 78.4 Å². The number of amides is 1. The topological polar surface area (TPSA) is 236 Å². The lowest BCUT2D eigenvalue weighted by molar-refractivity contribution is -0.347. The molecule has 1 amide bonds. The third-order valence-electron chi connectivity index (χ3n) is 12.3. The number of halogens is 3. The minimum absolute atomic E-state index is 0.00245. The number of alkyl carbamates (subject to hydrolysis) is 1. The molecule has 0 saturated carbocycles. The maximum Gasteiger partial charge on any atom is 0.407 e. The molecule has 0 spiro atoms. The van der Waals surface area contributed by atoms with Crippen LogP contribution < -0.4 is 10.1 Å². The monoisotopic (exact) mass is 1160 g/mol. The normalized spacial score (nSPS) is 22.6. The number of carbonyl (C=O) groups is 6. The predicted molar refractivity (Wildman–Crippen MR) is 285 cm³/mol. The molecule has 2 N–H and O–H groups in total. The van der Waals surface area contributed by atoms with Crippen LogP contribution in [0, 0.1) is 0 Å². The minimum Gasteiger partial charge on any atom is -0.497 e. The summed E-state index contributed by atoms with van der Waals surface area (Å²) in [6, 6.07) is 43.9. The van der Waals surface area contributed by atoms with Crippen LogP contribution in [-0.4, -0.2) is 133 Å². The second-order valence-corrected chi connectivity index (χ2v) is 20.4. The van der Waals surface area contributed by atoms with Crippen LogP contribution in [0.2, 0.25) is 0 Å². The second-order valence-electron chi connectivity index (χ2n) is 17.8. The van der Waals surface area contributed by atoms with Crippen LogP contribution in [0.15, 0.2) is 176 Å². The van der Waals surface area contributed by atoms with Gasteiger partial charge in [0, 0.05) is 0 Å². The van der Waals surface area contributed by atoms with E-state index in [9.17, 15) is 33.9 Å². The first kappa shape index (κ1) is 58.6. The Morgan fingerprint density at radius 1 is 0.500 bits per heavy atom. The van der Waals surface area contributed by atoms with E-state index in [1.165, 1.54) is 67.8 Å². The van der Waals surface area contributed by atoms with Gasteiger partial charge < -0.3 is 62.5 Å². The van der Waals surface area contributed by atoms with Crippen molar-refractivity contribution < 1.29 is 86.0 Å². The van der Waals surface area contributed by atoms with E-state index in [4.69, 9.17) is 86.9 Å². The Morgan fingerprint density at radius 3 is 1.34 bits per heavy atom. The fourth-order valence-electron chi connectivity index (χ4n) is 8.35. The van der Waals surface area contributed by atoms with Crippen molar-refractivity contribution in [3.63, 3.8) is 0 Å². The molecule has 19 nitrogen and oxygen atoms in total. The summed E-state index contributed by atoms with van der Waals surface area (Å²) in [4.78, 5) is 83.7. The van der Waals surface area contributed by atoms with Gasteiger partial charge in [0.1, 0.15) is 56.0 Å². The largest absolute Gasteiger partial charge is 0.497 e. The van der Waals surface area contributed by atoms with Gasteiger partial charge in [-0.25, -0.2) is 28.8 Å². The summed E-state index contributed by atoms with van der Waals surface area (Å²) in [5, 5.41) is 15.2. The van der Waals surface area contributed by atoms with Gasteiger partial charge in [-0.1, -0.05) is 138 Å². The zero-order chi connectivity index (χ0) is 56.6. The highest BCUT2D eigenvalue weighted by molar-refractivity contribution is 6.67. The van der Waals surface area contributed by atoms with E-state index in [1.807, 2.05) is 0 Å². The Bertz CT molecular complexity index is 3000. The van der Waals surface area contributed by atoms with Crippen molar-refractivity contribution in [2.75, 3.05) is 26.9 Å². The highest BCUT2D eigenvalue weighted by Crippen LogP contribution is 2.36. The zero-order valence-electron chi connectivity index (χ0n) is 42.4. The molecule has 2 fully saturated rings. The fraction of sp³-hybridized carbons (Fsp3) is 0.276. The highest BCUT2D eigenvalue weighted by atomic mass is 35.6. The molecule has 6 aromatic rings. The van der Waals surface area contributed by atoms with Gasteiger partial charge in [-0.15, -0.1) is 0 Å². The number of alkyl halides is 3. The fourth-order valence-corrected chi connectivity index (χ4v) is 8.51. The molecule has 2 aliphatic rings. The molecule has 10 atom stereocenters. The van der Waals surface area contributed by atoms with Crippen LogP contribution >= 0.6 is 34.8 Å². The van der Waals surface area contributed by atoms with Crippen molar-refractivity contribution in [3.8, 4) is 5.75 Å². The van der Waals surface area contributed by atoms with Crippen molar-refractivity contribution in [2.24, 2.45) is 0 Å². The van der Waals surface area contributed by atoms with Gasteiger partial charge in [0.05, 0.1) is 41.5 Å².